The maximum Gasteiger partial charge on any atom is 0.308 e. The van der Waals surface area contributed by atoms with Crippen molar-refractivity contribution in [1.29, 1.82) is 0 Å². The Labute approximate surface area is 168 Å². The minimum atomic E-state index is -3.79. The van der Waals surface area contributed by atoms with Crippen molar-refractivity contribution in [1.82, 2.24) is 4.57 Å². The number of thiazole rings is 1. The molecule has 1 aromatic heterocycles. The summed E-state index contributed by atoms with van der Waals surface area (Å²) in [7, 11) is -2.21. The first-order chi connectivity index (χ1) is 13.2. The van der Waals surface area contributed by atoms with Crippen molar-refractivity contribution >= 4 is 37.3 Å². The van der Waals surface area contributed by atoms with Crippen LogP contribution in [-0.2, 0) is 16.6 Å². The third-order valence-electron chi connectivity index (χ3n) is 4.68. The van der Waals surface area contributed by atoms with Crippen LogP contribution in [0.15, 0.2) is 40.0 Å². The van der Waals surface area contributed by atoms with E-state index in [1.54, 1.807) is 48.9 Å². The third kappa shape index (κ3) is 3.66. The lowest BCUT2D eigenvalue weighted by molar-refractivity contribution is 0.406. The molecule has 0 unspecified atom stereocenters. The Morgan fingerprint density at radius 1 is 1.21 bits per heavy atom. The first-order valence-electron chi connectivity index (χ1n) is 9.02. The van der Waals surface area contributed by atoms with Crippen LogP contribution in [0.5, 0.6) is 5.75 Å². The lowest BCUT2D eigenvalue weighted by Gasteiger charge is -2.17. The fourth-order valence-corrected chi connectivity index (χ4v) is 5.54. The zero-order valence-electron chi connectivity index (χ0n) is 16.6. The molecule has 0 aliphatic heterocycles. The number of aromatic nitrogens is 1. The molecule has 0 saturated carbocycles. The van der Waals surface area contributed by atoms with Crippen LogP contribution in [0.1, 0.15) is 37.8 Å². The second-order valence-corrected chi connectivity index (χ2v) is 9.56. The minimum absolute atomic E-state index is 0.0509. The molecule has 28 heavy (non-hydrogen) atoms. The Morgan fingerprint density at radius 3 is 2.54 bits per heavy atom. The Morgan fingerprint density at radius 2 is 1.93 bits per heavy atom. The van der Waals surface area contributed by atoms with Gasteiger partial charge in [0.05, 0.1) is 27.9 Å². The van der Waals surface area contributed by atoms with E-state index in [0.717, 1.165) is 27.1 Å². The van der Waals surface area contributed by atoms with Crippen LogP contribution in [0.25, 0.3) is 10.2 Å². The Balaban J connectivity index is 2.03. The zero-order valence-corrected chi connectivity index (χ0v) is 18.2. The van der Waals surface area contributed by atoms with E-state index in [1.165, 1.54) is 0 Å². The van der Waals surface area contributed by atoms with E-state index in [-0.39, 0.29) is 15.7 Å². The lowest BCUT2D eigenvalue weighted by atomic mass is 10.0. The topological polar surface area (TPSA) is 77.4 Å². The number of benzene rings is 2. The van der Waals surface area contributed by atoms with Gasteiger partial charge in [0, 0.05) is 6.54 Å². The average Bonchev–Trinajstić information content (AvgIpc) is 2.94. The summed E-state index contributed by atoms with van der Waals surface area (Å²) in [5, 5.41) is 0. The van der Waals surface area contributed by atoms with Crippen molar-refractivity contribution in [2.75, 3.05) is 11.8 Å². The number of rotatable bonds is 6. The number of anilines is 1. The van der Waals surface area contributed by atoms with Crippen LogP contribution in [0.3, 0.4) is 0 Å². The summed E-state index contributed by atoms with van der Waals surface area (Å²) in [5.74, 6) is 0.797. The second kappa shape index (κ2) is 7.60. The molecule has 0 amide bonds. The SMILES string of the molecule is CCn1c(=O)sc2cc(NS(=O)(=O)c3cc(C(C)C)c(OC)cc3C)ccc21. The molecule has 6 nitrogen and oxygen atoms in total. The highest BCUT2D eigenvalue weighted by Crippen LogP contribution is 2.32. The molecule has 0 bridgehead atoms. The molecule has 1 heterocycles. The van der Waals surface area contributed by atoms with Crippen molar-refractivity contribution in [2.45, 2.75) is 45.1 Å². The smallest absolute Gasteiger partial charge is 0.308 e. The zero-order chi connectivity index (χ0) is 20.6. The van der Waals surface area contributed by atoms with Gasteiger partial charge in [-0.05, 0) is 61.2 Å². The number of methoxy groups -OCH3 is 1. The molecule has 2 aromatic carbocycles. The second-order valence-electron chi connectivity index (χ2n) is 6.91. The normalized spacial score (nSPS) is 11.9. The highest BCUT2D eigenvalue weighted by Gasteiger charge is 2.21. The maximum absolute atomic E-state index is 13.0. The Hall–Kier alpha value is -2.32. The molecule has 0 radical (unpaired) electrons. The highest BCUT2D eigenvalue weighted by atomic mass is 32.2. The van der Waals surface area contributed by atoms with Crippen LogP contribution in [0.4, 0.5) is 5.69 Å². The van der Waals surface area contributed by atoms with Crippen molar-refractivity contribution in [3.05, 3.63) is 51.1 Å². The molecule has 1 N–H and O–H groups in total. The number of nitrogens with one attached hydrogen (secondary N) is 1. The van der Waals surface area contributed by atoms with Crippen molar-refractivity contribution < 1.29 is 13.2 Å². The summed E-state index contributed by atoms with van der Waals surface area (Å²) >= 11 is 1.11. The summed E-state index contributed by atoms with van der Waals surface area (Å²) in [6, 6.07) is 8.58. The summed E-state index contributed by atoms with van der Waals surface area (Å²) in [6.45, 7) is 8.21. The summed E-state index contributed by atoms with van der Waals surface area (Å²) in [6.07, 6.45) is 0. The predicted molar refractivity (Wildman–Crippen MR) is 114 cm³/mol. The number of hydrogen-bond donors (Lipinski definition) is 1. The Bertz CT molecular complexity index is 1190. The van der Waals surface area contributed by atoms with Crippen LogP contribution in [-0.4, -0.2) is 20.1 Å². The van der Waals surface area contributed by atoms with Gasteiger partial charge in [-0.1, -0.05) is 25.2 Å². The van der Waals surface area contributed by atoms with E-state index in [9.17, 15) is 13.2 Å². The highest BCUT2D eigenvalue weighted by molar-refractivity contribution is 7.92. The van der Waals surface area contributed by atoms with Gasteiger partial charge in [-0.3, -0.25) is 14.1 Å². The van der Waals surface area contributed by atoms with E-state index in [4.69, 9.17) is 4.74 Å². The summed E-state index contributed by atoms with van der Waals surface area (Å²) in [4.78, 5) is 12.2. The average molecular weight is 421 g/mol. The molecule has 0 aliphatic rings. The van der Waals surface area contributed by atoms with Gasteiger partial charge in [-0.2, -0.15) is 0 Å². The Kier molecular flexibility index (Phi) is 5.54. The summed E-state index contributed by atoms with van der Waals surface area (Å²) < 4.78 is 36.6. The van der Waals surface area contributed by atoms with Gasteiger partial charge in [0.1, 0.15) is 5.75 Å². The molecule has 0 aliphatic carbocycles. The number of hydrogen-bond acceptors (Lipinski definition) is 5. The molecule has 0 fully saturated rings. The van der Waals surface area contributed by atoms with Gasteiger partial charge in [0.25, 0.3) is 10.0 Å². The van der Waals surface area contributed by atoms with Crippen LogP contribution >= 0.6 is 11.3 Å². The van der Waals surface area contributed by atoms with E-state index in [2.05, 4.69) is 4.72 Å². The predicted octanol–water partition coefficient (Wildman–Crippen LogP) is 4.32. The molecule has 8 heteroatoms. The number of ether oxygens (including phenoxy) is 1. The van der Waals surface area contributed by atoms with E-state index in [0.29, 0.717) is 23.5 Å². The van der Waals surface area contributed by atoms with Crippen LogP contribution in [0, 0.1) is 6.92 Å². The van der Waals surface area contributed by atoms with E-state index < -0.39 is 10.0 Å². The fourth-order valence-electron chi connectivity index (χ4n) is 3.23. The first kappa shape index (κ1) is 20.4. The third-order valence-corrected chi connectivity index (χ3v) is 7.14. The molecule has 3 aromatic rings. The maximum atomic E-state index is 13.0. The summed E-state index contributed by atoms with van der Waals surface area (Å²) in [5.41, 5.74) is 2.68. The first-order valence-corrected chi connectivity index (χ1v) is 11.3. The largest absolute Gasteiger partial charge is 0.496 e. The fraction of sp³-hybridized carbons (Fsp3) is 0.350. The number of fused-ring (bicyclic) bond motifs is 1. The van der Waals surface area contributed by atoms with Gasteiger partial charge in [0.2, 0.25) is 0 Å². The quantitative estimate of drug-likeness (QED) is 0.644. The molecule has 0 atom stereocenters. The van der Waals surface area contributed by atoms with Crippen LogP contribution < -0.4 is 14.3 Å². The van der Waals surface area contributed by atoms with E-state index >= 15 is 0 Å². The molecule has 3 rings (SSSR count). The lowest BCUT2D eigenvalue weighted by Crippen LogP contribution is -2.15. The number of aryl methyl sites for hydroxylation is 2. The van der Waals surface area contributed by atoms with Crippen molar-refractivity contribution in [3.8, 4) is 5.75 Å². The molecule has 0 saturated heterocycles. The van der Waals surface area contributed by atoms with Gasteiger partial charge in [-0.15, -0.1) is 0 Å². The monoisotopic (exact) mass is 420 g/mol. The van der Waals surface area contributed by atoms with Crippen molar-refractivity contribution in [2.24, 2.45) is 0 Å². The molecule has 0 spiro atoms. The molecular weight excluding hydrogens is 396 g/mol. The van der Waals surface area contributed by atoms with Crippen LogP contribution in [0.2, 0.25) is 0 Å². The van der Waals surface area contributed by atoms with Gasteiger partial charge < -0.3 is 4.74 Å². The standard InChI is InChI=1S/C20H24N2O4S2/c1-6-22-16-8-7-14(10-18(16)27-20(22)23)21-28(24,25)19-11-15(12(2)3)17(26-5)9-13(19)4/h7-12,21H,6H2,1-5H3. The van der Waals surface area contributed by atoms with E-state index in [1.807, 2.05) is 20.8 Å². The molecule has 150 valence electrons. The van der Waals surface area contributed by atoms with Gasteiger partial charge in [-0.25, -0.2) is 8.42 Å². The van der Waals surface area contributed by atoms with Gasteiger partial charge in [0.15, 0.2) is 0 Å². The molecular formula is C20H24N2O4S2. The van der Waals surface area contributed by atoms with Crippen molar-refractivity contribution in [3.63, 3.8) is 0 Å². The minimum Gasteiger partial charge on any atom is -0.496 e. The van der Waals surface area contributed by atoms with Gasteiger partial charge >= 0.3 is 4.87 Å². The number of sulfonamides is 1. The number of nitrogens with zero attached hydrogens (tertiary/aromatic N) is 1.